The van der Waals surface area contributed by atoms with E-state index in [1.165, 1.54) is 6.07 Å². The van der Waals surface area contributed by atoms with Gasteiger partial charge in [0.15, 0.2) is 0 Å². The molecule has 0 amide bonds. The van der Waals surface area contributed by atoms with Gasteiger partial charge in [-0.15, -0.1) is 0 Å². The van der Waals surface area contributed by atoms with Crippen molar-refractivity contribution < 1.29 is 24.1 Å². The summed E-state index contributed by atoms with van der Waals surface area (Å²) in [6.07, 6.45) is -1.01. The molecule has 0 bridgehead atoms. The van der Waals surface area contributed by atoms with Gasteiger partial charge in [0.2, 0.25) is 5.75 Å². The van der Waals surface area contributed by atoms with Crippen molar-refractivity contribution >= 4 is 17.5 Å². The van der Waals surface area contributed by atoms with Crippen LogP contribution in [0.5, 0.6) is 5.75 Å². The lowest BCUT2D eigenvalue weighted by Crippen LogP contribution is -2.17. The summed E-state index contributed by atoms with van der Waals surface area (Å²) < 4.78 is 9.80. The number of hydrogen-bond acceptors (Lipinski definition) is 7. The smallest absolute Gasteiger partial charge is 0.431 e. The average molecular weight is 326 g/mol. The molecular weight excluding hydrogens is 308 g/mol. The van der Waals surface area contributed by atoms with Crippen LogP contribution in [0.3, 0.4) is 0 Å². The molecule has 0 saturated carbocycles. The summed E-state index contributed by atoms with van der Waals surface area (Å²) in [5, 5.41) is 22.2. The van der Waals surface area contributed by atoms with Crippen molar-refractivity contribution in [2.75, 3.05) is 0 Å². The van der Waals surface area contributed by atoms with Gasteiger partial charge in [-0.05, 0) is 26.2 Å². The molecule has 0 aliphatic heterocycles. The number of carbonyl (C=O) groups is 1. The first-order chi connectivity index (χ1) is 10.7. The molecule has 0 unspecified atom stereocenters. The maximum absolute atomic E-state index is 11.7. The van der Waals surface area contributed by atoms with Crippen LogP contribution in [0.2, 0.25) is 0 Å². The Morgan fingerprint density at radius 2 is 1.78 bits per heavy atom. The fraction of sp³-hybridized carbons (Fsp3) is 0.500. The Labute approximate surface area is 132 Å². The average Bonchev–Trinajstić information content (AvgIpc) is 2.44. The molecule has 9 heteroatoms. The minimum atomic E-state index is -1.10. The molecule has 23 heavy (non-hydrogen) atoms. The summed E-state index contributed by atoms with van der Waals surface area (Å²) in [6.45, 7) is 6.73. The minimum Gasteiger partial charge on any atom is -0.431 e. The van der Waals surface area contributed by atoms with Crippen LogP contribution in [0.1, 0.15) is 45.6 Å². The van der Waals surface area contributed by atoms with E-state index < -0.39 is 33.5 Å². The summed E-state index contributed by atoms with van der Waals surface area (Å²) >= 11 is 0. The number of benzene rings is 1. The summed E-state index contributed by atoms with van der Waals surface area (Å²) in [4.78, 5) is 32.3. The molecule has 0 aromatic heterocycles. The van der Waals surface area contributed by atoms with E-state index in [9.17, 15) is 25.0 Å². The summed E-state index contributed by atoms with van der Waals surface area (Å²) in [5.74, 6) is -0.601. The summed E-state index contributed by atoms with van der Waals surface area (Å²) in [7, 11) is 0. The molecule has 0 radical (unpaired) electrons. The number of ether oxygens (including phenoxy) is 2. The van der Waals surface area contributed by atoms with Crippen molar-refractivity contribution in [3.05, 3.63) is 37.9 Å². The second-order valence-corrected chi connectivity index (χ2v) is 5.23. The summed E-state index contributed by atoms with van der Waals surface area (Å²) in [6, 6.07) is 1.95. The van der Waals surface area contributed by atoms with E-state index >= 15 is 0 Å². The van der Waals surface area contributed by atoms with Crippen LogP contribution in [0.15, 0.2) is 12.1 Å². The number of nitro benzene ring substituents is 2. The predicted molar refractivity (Wildman–Crippen MR) is 80.7 cm³/mol. The zero-order chi connectivity index (χ0) is 17.7. The van der Waals surface area contributed by atoms with E-state index in [2.05, 4.69) is 0 Å². The highest BCUT2D eigenvalue weighted by Crippen LogP contribution is 2.40. The molecular formula is C14H18N2O7. The lowest BCUT2D eigenvalue weighted by atomic mass is 9.96. The number of rotatable bonds is 6. The lowest BCUT2D eigenvalue weighted by molar-refractivity contribution is -0.394. The Balaban J connectivity index is 3.46. The molecule has 1 rings (SSSR count). The van der Waals surface area contributed by atoms with Crippen molar-refractivity contribution in [2.24, 2.45) is 0 Å². The third-order valence-corrected chi connectivity index (χ3v) is 3.15. The van der Waals surface area contributed by atoms with Gasteiger partial charge in [-0.3, -0.25) is 20.2 Å². The number of carbonyl (C=O) groups excluding carboxylic acids is 1. The SMILES string of the molecule is CC[C@@H](C)c1cc([N+](=O)[O-])cc([N+](=O)[O-])c1OC(=O)OC(C)C. The molecule has 0 fully saturated rings. The van der Waals surface area contributed by atoms with Gasteiger partial charge in [-0.25, -0.2) is 4.79 Å². The number of nitrogens with zero attached hydrogens (tertiary/aromatic N) is 2. The van der Waals surface area contributed by atoms with Crippen molar-refractivity contribution in [1.29, 1.82) is 0 Å². The van der Waals surface area contributed by atoms with Gasteiger partial charge in [0, 0.05) is 11.6 Å². The number of hydrogen-bond donors (Lipinski definition) is 0. The summed E-state index contributed by atoms with van der Waals surface area (Å²) in [5.41, 5.74) is -0.860. The van der Waals surface area contributed by atoms with E-state index in [4.69, 9.17) is 9.47 Å². The van der Waals surface area contributed by atoms with Gasteiger partial charge in [0.1, 0.15) is 0 Å². The van der Waals surface area contributed by atoms with Crippen LogP contribution in [0.25, 0.3) is 0 Å². The molecule has 0 saturated heterocycles. The lowest BCUT2D eigenvalue weighted by Gasteiger charge is -2.15. The number of nitro groups is 2. The molecule has 1 aromatic carbocycles. The fourth-order valence-corrected chi connectivity index (χ4v) is 1.86. The first-order valence-corrected chi connectivity index (χ1v) is 7.02. The maximum atomic E-state index is 11.7. The standard InChI is InChI=1S/C14H18N2O7/c1-5-9(4)11-6-10(15(18)19)7-12(16(20)21)13(11)23-14(17)22-8(2)3/h6-9H,5H2,1-4H3/t9-/m1/s1. The van der Waals surface area contributed by atoms with Gasteiger partial charge in [0.25, 0.3) is 5.69 Å². The molecule has 0 aliphatic rings. The molecule has 0 aliphatic carbocycles. The van der Waals surface area contributed by atoms with Gasteiger partial charge >= 0.3 is 11.8 Å². The van der Waals surface area contributed by atoms with Crippen LogP contribution < -0.4 is 4.74 Å². The van der Waals surface area contributed by atoms with E-state index in [0.29, 0.717) is 6.42 Å². The van der Waals surface area contributed by atoms with Crippen LogP contribution >= 0.6 is 0 Å². The normalized spacial score (nSPS) is 11.9. The minimum absolute atomic E-state index is 0.217. The molecule has 0 N–H and O–H groups in total. The zero-order valence-corrected chi connectivity index (χ0v) is 13.3. The highest BCUT2D eigenvalue weighted by atomic mass is 16.7. The van der Waals surface area contributed by atoms with Gasteiger partial charge in [-0.2, -0.15) is 0 Å². The van der Waals surface area contributed by atoms with Crippen LogP contribution in [0.4, 0.5) is 16.2 Å². The fourth-order valence-electron chi connectivity index (χ4n) is 1.86. The maximum Gasteiger partial charge on any atom is 0.514 e. The Morgan fingerprint density at radius 3 is 2.22 bits per heavy atom. The van der Waals surface area contributed by atoms with Crippen LogP contribution in [-0.4, -0.2) is 22.1 Å². The van der Waals surface area contributed by atoms with Crippen molar-refractivity contribution in [1.82, 2.24) is 0 Å². The van der Waals surface area contributed by atoms with Crippen LogP contribution in [-0.2, 0) is 4.74 Å². The quantitative estimate of drug-likeness (QED) is 0.336. The van der Waals surface area contributed by atoms with Crippen LogP contribution in [0, 0.1) is 20.2 Å². The Hall–Kier alpha value is -2.71. The van der Waals surface area contributed by atoms with Gasteiger partial charge in [-0.1, -0.05) is 13.8 Å². The van der Waals surface area contributed by atoms with E-state index in [-0.39, 0.29) is 17.2 Å². The van der Waals surface area contributed by atoms with Crippen molar-refractivity contribution in [3.8, 4) is 5.75 Å². The van der Waals surface area contributed by atoms with E-state index in [1.807, 2.05) is 6.92 Å². The third kappa shape index (κ3) is 4.63. The van der Waals surface area contributed by atoms with E-state index in [1.54, 1.807) is 20.8 Å². The highest BCUT2D eigenvalue weighted by Gasteiger charge is 2.29. The van der Waals surface area contributed by atoms with Crippen molar-refractivity contribution in [2.45, 2.75) is 46.1 Å². The Bertz CT molecular complexity index is 628. The topological polar surface area (TPSA) is 122 Å². The second-order valence-electron chi connectivity index (χ2n) is 5.23. The van der Waals surface area contributed by atoms with Gasteiger partial charge in [0.05, 0.1) is 22.0 Å². The highest BCUT2D eigenvalue weighted by molar-refractivity contribution is 5.70. The predicted octanol–water partition coefficient (Wildman–Crippen LogP) is 3.94. The molecule has 1 atom stereocenters. The largest absolute Gasteiger partial charge is 0.514 e. The first-order valence-electron chi connectivity index (χ1n) is 7.02. The Morgan fingerprint density at radius 1 is 1.17 bits per heavy atom. The van der Waals surface area contributed by atoms with Gasteiger partial charge < -0.3 is 9.47 Å². The molecule has 0 heterocycles. The third-order valence-electron chi connectivity index (χ3n) is 3.15. The van der Waals surface area contributed by atoms with Crippen molar-refractivity contribution in [3.63, 3.8) is 0 Å². The monoisotopic (exact) mass is 326 g/mol. The molecule has 1 aromatic rings. The van der Waals surface area contributed by atoms with E-state index in [0.717, 1.165) is 6.07 Å². The molecule has 9 nitrogen and oxygen atoms in total. The zero-order valence-electron chi connectivity index (χ0n) is 13.3. The first kappa shape index (κ1) is 18.3. The second kappa shape index (κ2) is 7.52. The molecule has 126 valence electrons. The Kier molecular flexibility index (Phi) is 6.00. The molecule has 0 spiro atoms. The number of non-ortho nitro benzene ring substituents is 1.